The van der Waals surface area contributed by atoms with Crippen molar-refractivity contribution in [1.29, 1.82) is 0 Å². The molecule has 0 aromatic carbocycles. The Balaban J connectivity index is 1.72. The van der Waals surface area contributed by atoms with Gasteiger partial charge in [-0.15, -0.1) is 0 Å². The van der Waals surface area contributed by atoms with Gasteiger partial charge in [0.2, 0.25) is 0 Å². The van der Waals surface area contributed by atoms with E-state index in [1.807, 2.05) is 6.20 Å². The zero-order chi connectivity index (χ0) is 14.3. The maximum atomic E-state index is 10.4. The summed E-state index contributed by atoms with van der Waals surface area (Å²) in [6.07, 6.45) is 6.98. The molecule has 1 saturated carbocycles. The summed E-state index contributed by atoms with van der Waals surface area (Å²) in [4.78, 5) is 6.88. The van der Waals surface area contributed by atoms with Gasteiger partial charge in [0, 0.05) is 31.5 Å². The van der Waals surface area contributed by atoms with Gasteiger partial charge in [0.15, 0.2) is 0 Å². The number of hydrogen-bond donors (Lipinski definition) is 1. The second-order valence-corrected chi connectivity index (χ2v) is 7.52. The van der Waals surface area contributed by atoms with Crippen molar-refractivity contribution in [1.82, 2.24) is 14.5 Å². The number of nitrogens with zero attached hydrogens (tertiary/aromatic N) is 3. The van der Waals surface area contributed by atoms with Crippen LogP contribution >= 0.6 is 0 Å². The molecular formula is C16H27N3O. The van der Waals surface area contributed by atoms with Crippen LogP contribution in [-0.2, 0) is 13.1 Å². The van der Waals surface area contributed by atoms with Crippen molar-refractivity contribution in [3.63, 3.8) is 0 Å². The standard InChI is InChI=1S/C16H27N3O/c1-16(2,3)12-4-5-14(20)13(10-12)19-9-8-18-7-6-17-15(18)11-19/h6-7,12-14,20H,4-5,8-11H2,1-3H3. The van der Waals surface area contributed by atoms with Crippen molar-refractivity contribution >= 4 is 0 Å². The van der Waals surface area contributed by atoms with Crippen LogP contribution < -0.4 is 0 Å². The average molecular weight is 277 g/mol. The van der Waals surface area contributed by atoms with Crippen molar-refractivity contribution in [3.8, 4) is 0 Å². The minimum atomic E-state index is -0.171. The quantitative estimate of drug-likeness (QED) is 0.856. The molecule has 3 rings (SSSR count). The molecule has 1 aliphatic carbocycles. The number of hydrogen-bond acceptors (Lipinski definition) is 3. The van der Waals surface area contributed by atoms with Crippen molar-refractivity contribution in [3.05, 3.63) is 18.2 Å². The lowest BCUT2D eigenvalue weighted by Gasteiger charge is -2.45. The average Bonchev–Trinajstić information content (AvgIpc) is 2.85. The molecule has 3 atom stereocenters. The van der Waals surface area contributed by atoms with E-state index in [0.29, 0.717) is 17.4 Å². The minimum absolute atomic E-state index is 0.171. The largest absolute Gasteiger partial charge is 0.391 e. The van der Waals surface area contributed by atoms with Crippen molar-refractivity contribution < 1.29 is 5.11 Å². The van der Waals surface area contributed by atoms with Crippen LogP contribution in [0, 0.1) is 11.3 Å². The summed E-state index contributed by atoms with van der Waals surface area (Å²) in [5.41, 5.74) is 0.340. The number of imidazole rings is 1. The van der Waals surface area contributed by atoms with Gasteiger partial charge in [0.25, 0.3) is 0 Å². The molecule has 2 aliphatic rings. The molecule has 1 N–H and O–H groups in total. The van der Waals surface area contributed by atoms with Crippen LogP contribution in [0.15, 0.2) is 12.4 Å². The molecule has 0 bridgehead atoms. The van der Waals surface area contributed by atoms with E-state index < -0.39 is 0 Å². The van der Waals surface area contributed by atoms with Gasteiger partial charge in [-0.1, -0.05) is 20.8 Å². The van der Waals surface area contributed by atoms with Crippen LogP contribution in [0.2, 0.25) is 0 Å². The summed E-state index contributed by atoms with van der Waals surface area (Å²) in [5.74, 6) is 1.85. The lowest BCUT2D eigenvalue weighted by atomic mass is 9.70. The third kappa shape index (κ3) is 2.63. The molecular weight excluding hydrogens is 250 g/mol. The van der Waals surface area contributed by atoms with Crippen LogP contribution in [-0.4, -0.2) is 38.2 Å². The molecule has 1 aromatic heterocycles. The Hall–Kier alpha value is -0.870. The fourth-order valence-corrected chi connectivity index (χ4v) is 3.79. The molecule has 112 valence electrons. The summed E-state index contributed by atoms with van der Waals surface area (Å²) in [5, 5.41) is 10.4. The van der Waals surface area contributed by atoms with Gasteiger partial charge in [0.05, 0.1) is 12.6 Å². The molecule has 1 aromatic rings. The Morgan fingerprint density at radius 1 is 1.25 bits per heavy atom. The van der Waals surface area contributed by atoms with E-state index in [9.17, 15) is 5.11 Å². The fourth-order valence-electron chi connectivity index (χ4n) is 3.79. The molecule has 3 unspecified atom stereocenters. The summed E-state index contributed by atoms with van der Waals surface area (Å²) < 4.78 is 2.23. The Morgan fingerprint density at radius 2 is 2.05 bits per heavy atom. The van der Waals surface area contributed by atoms with Crippen LogP contribution in [0.5, 0.6) is 0 Å². The van der Waals surface area contributed by atoms with Crippen LogP contribution in [0.3, 0.4) is 0 Å². The highest BCUT2D eigenvalue weighted by Crippen LogP contribution is 2.39. The summed E-state index contributed by atoms with van der Waals surface area (Å²) in [7, 11) is 0. The first-order valence-corrected chi connectivity index (χ1v) is 7.87. The summed E-state index contributed by atoms with van der Waals surface area (Å²) >= 11 is 0. The van der Waals surface area contributed by atoms with Gasteiger partial charge in [-0.05, 0) is 30.6 Å². The SMILES string of the molecule is CC(C)(C)C1CCC(O)C(N2CCn3ccnc3C2)C1. The number of rotatable bonds is 1. The predicted molar refractivity (Wildman–Crippen MR) is 79.2 cm³/mol. The summed E-state index contributed by atoms with van der Waals surface area (Å²) in [6.45, 7) is 9.90. The Kier molecular flexibility index (Phi) is 3.63. The molecule has 0 radical (unpaired) electrons. The Bertz CT molecular complexity index is 463. The first-order valence-electron chi connectivity index (χ1n) is 7.87. The molecule has 4 nitrogen and oxygen atoms in total. The van der Waals surface area contributed by atoms with Crippen LogP contribution in [0.25, 0.3) is 0 Å². The number of aliphatic hydroxyl groups is 1. The van der Waals surface area contributed by atoms with Gasteiger partial charge in [0.1, 0.15) is 5.82 Å². The van der Waals surface area contributed by atoms with E-state index in [4.69, 9.17) is 0 Å². The molecule has 1 aliphatic heterocycles. The normalized spacial score (nSPS) is 32.1. The summed E-state index contributed by atoms with van der Waals surface area (Å²) in [6, 6.07) is 0.304. The van der Waals surface area contributed by atoms with E-state index in [-0.39, 0.29) is 6.10 Å². The molecule has 0 amide bonds. The van der Waals surface area contributed by atoms with Crippen LogP contribution in [0.4, 0.5) is 0 Å². The van der Waals surface area contributed by atoms with E-state index in [1.165, 1.54) is 0 Å². The highest BCUT2D eigenvalue weighted by molar-refractivity contribution is 4.99. The molecule has 20 heavy (non-hydrogen) atoms. The minimum Gasteiger partial charge on any atom is -0.391 e. The molecule has 2 heterocycles. The number of fused-ring (bicyclic) bond motifs is 1. The zero-order valence-electron chi connectivity index (χ0n) is 12.9. The molecule has 0 spiro atoms. The smallest absolute Gasteiger partial charge is 0.122 e. The first kappa shape index (κ1) is 14.1. The predicted octanol–water partition coefficient (Wildman–Crippen LogP) is 2.27. The van der Waals surface area contributed by atoms with Gasteiger partial charge >= 0.3 is 0 Å². The lowest BCUT2D eigenvalue weighted by molar-refractivity contribution is -0.0270. The van der Waals surface area contributed by atoms with Crippen molar-refractivity contribution in [2.45, 2.75) is 65.3 Å². The van der Waals surface area contributed by atoms with Crippen molar-refractivity contribution in [2.24, 2.45) is 11.3 Å². The van der Waals surface area contributed by atoms with Gasteiger partial charge in [-0.2, -0.15) is 0 Å². The maximum Gasteiger partial charge on any atom is 0.122 e. The van der Waals surface area contributed by atoms with E-state index in [0.717, 1.165) is 44.7 Å². The topological polar surface area (TPSA) is 41.3 Å². The highest BCUT2D eigenvalue weighted by Gasteiger charge is 2.38. The molecule has 0 saturated heterocycles. The number of aliphatic hydroxyl groups excluding tert-OH is 1. The maximum absolute atomic E-state index is 10.4. The van der Waals surface area contributed by atoms with Gasteiger partial charge in [-0.3, -0.25) is 4.90 Å². The van der Waals surface area contributed by atoms with Gasteiger partial charge < -0.3 is 9.67 Å². The van der Waals surface area contributed by atoms with E-state index >= 15 is 0 Å². The third-order valence-electron chi connectivity index (χ3n) is 5.25. The Morgan fingerprint density at radius 3 is 2.80 bits per heavy atom. The van der Waals surface area contributed by atoms with Gasteiger partial charge in [-0.25, -0.2) is 4.98 Å². The monoisotopic (exact) mass is 277 g/mol. The Labute approximate surface area is 121 Å². The second kappa shape index (κ2) is 5.15. The number of aromatic nitrogens is 2. The fraction of sp³-hybridized carbons (Fsp3) is 0.812. The lowest BCUT2D eigenvalue weighted by Crippen LogP contribution is -2.51. The van der Waals surface area contributed by atoms with Crippen LogP contribution in [0.1, 0.15) is 45.9 Å². The van der Waals surface area contributed by atoms with Crippen molar-refractivity contribution in [2.75, 3.05) is 6.54 Å². The molecule has 4 heteroatoms. The zero-order valence-corrected chi connectivity index (χ0v) is 12.9. The third-order valence-corrected chi connectivity index (χ3v) is 5.25. The molecule has 1 fully saturated rings. The van der Waals surface area contributed by atoms with E-state index in [2.05, 4.69) is 41.4 Å². The highest BCUT2D eigenvalue weighted by atomic mass is 16.3. The van der Waals surface area contributed by atoms with E-state index in [1.54, 1.807) is 0 Å². The second-order valence-electron chi connectivity index (χ2n) is 7.52. The first-order chi connectivity index (χ1) is 9.45.